The molecule has 2 N–H and O–H groups in total. The lowest BCUT2D eigenvalue weighted by Crippen LogP contribution is -2.44. The van der Waals surface area contributed by atoms with Crippen LogP contribution in [0.3, 0.4) is 0 Å². The van der Waals surface area contributed by atoms with Crippen molar-refractivity contribution in [3.63, 3.8) is 0 Å². The van der Waals surface area contributed by atoms with Crippen molar-refractivity contribution in [2.24, 2.45) is 0 Å². The zero-order valence-corrected chi connectivity index (χ0v) is 23.6. The Morgan fingerprint density at radius 1 is 1.10 bits per heavy atom. The number of aromatic nitrogens is 1. The van der Waals surface area contributed by atoms with Crippen molar-refractivity contribution >= 4 is 34.0 Å². The van der Waals surface area contributed by atoms with Crippen LogP contribution in [0.5, 0.6) is 5.75 Å². The molecule has 1 unspecified atom stereocenters. The summed E-state index contributed by atoms with van der Waals surface area (Å²) in [4.78, 5) is 3.57. The van der Waals surface area contributed by atoms with Crippen LogP contribution >= 0.6 is 11.8 Å². The minimum absolute atomic E-state index is 0.262. The molecule has 0 amide bonds. The number of benzene rings is 2. The molecule has 0 spiro atoms. The number of likely N-dealkylation sites (tertiary alicyclic amines) is 1. The molecule has 2 saturated heterocycles. The number of nitrogens with zero attached hydrogens (tertiary/aromatic N) is 2. The Balaban J connectivity index is 1.33. The van der Waals surface area contributed by atoms with Gasteiger partial charge in [0.2, 0.25) is 0 Å². The lowest BCUT2D eigenvalue weighted by atomic mass is 10.0. The van der Waals surface area contributed by atoms with Crippen LogP contribution in [0.25, 0.3) is 10.9 Å². The number of hydrogen-bond acceptors (Lipinski definition) is 6. The van der Waals surface area contributed by atoms with Crippen molar-refractivity contribution in [3.05, 3.63) is 48.2 Å². The molecule has 0 aliphatic carbocycles. The number of piperidine rings is 1. The zero-order chi connectivity index (χ0) is 28.1. The summed E-state index contributed by atoms with van der Waals surface area (Å²) in [5, 5.41) is 7.59. The summed E-state index contributed by atoms with van der Waals surface area (Å²) in [5.74, 6) is 6.68. The highest BCUT2D eigenvalue weighted by Crippen LogP contribution is 2.32. The lowest BCUT2D eigenvalue weighted by molar-refractivity contribution is -0.140. The maximum absolute atomic E-state index is 13.6. The first-order valence-corrected chi connectivity index (χ1v) is 14.8. The minimum atomic E-state index is -4.37. The molecule has 2 aliphatic heterocycles. The first-order valence-electron chi connectivity index (χ1n) is 13.6. The van der Waals surface area contributed by atoms with Crippen LogP contribution in [0, 0.1) is 11.8 Å². The van der Waals surface area contributed by atoms with Crippen molar-refractivity contribution in [1.82, 2.24) is 9.47 Å². The van der Waals surface area contributed by atoms with Gasteiger partial charge in [0, 0.05) is 47.7 Å². The fourth-order valence-electron chi connectivity index (χ4n) is 5.52. The number of alkyl halides is 3. The van der Waals surface area contributed by atoms with E-state index in [1.54, 1.807) is 31.0 Å². The van der Waals surface area contributed by atoms with Gasteiger partial charge in [-0.2, -0.15) is 13.2 Å². The van der Waals surface area contributed by atoms with Crippen LogP contribution in [0.15, 0.2) is 47.4 Å². The molecule has 6 nitrogen and oxygen atoms in total. The smallest absolute Gasteiger partial charge is 0.406 e. The van der Waals surface area contributed by atoms with Gasteiger partial charge in [0.15, 0.2) is 0 Å². The van der Waals surface area contributed by atoms with E-state index in [9.17, 15) is 13.2 Å². The van der Waals surface area contributed by atoms with Gasteiger partial charge < -0.3 is 24.7 Å². The Labute approximate surface area is 237 Å². The quantitative estimate of drug-likeness (QED) is 0.253. The Kier molecular flexibility index (Phi) is 9.03. The normalized spacial score (nSPS) is 18.5. The van der Waals surface area contributed by atoms with Crippen LogP contribution in [0.4, 0.5) is 24.5 Å². The number of nitrogens with one attached hydrogen (secondary N) is 2. The number of methoxy groups -OCH3 is 1. The monoisotopic (exact) mass is 572 g/mol. The van der Waals surface area contributed by atoms with Crippen LogP contribution in [-0.4, -0.2) is 73.9 Å². The highest BCUT2D eigenvalue weighted by molar-refractivity contribution is 7.98. The first kappa shape index (κ1) is 28.5. The highest BCUT2D eigenvalue weighted by atomic mass is 32.2. The van der Waals surface area contributed by atoms with E-state index in [0.29, 0.717) is 23.0 Å². The lowest BCUT2D eigenvalue weighted by Gasteiger charge is -2.36. The third-order valence-electron chi connectivity index (χ3n) is 7.59. The summed E-state index contributed by atoms with van der Waals surface area (Å²) in [6.45, 7) is 2.79. The minimum Gasteiger partial charge on any atom is -0.495 e. The van der Waals surface area contributed by atoms with Crippen LogP contribution in [-0.2, 0) is 11.3 Å². The van der Waals surface area contributed by atoms with E-state index in [4.69, 9.17) is 9.47 Å². The van der Waals surface area contributed by atoms with Crippen molar-refractivity contribution in [3.8, 4) is 17.6 Å². The molecule has 10 heteroatoms. The Hall–Kier alpha value is -3.00. The molecule has 214 valence electrons. The molecule has 3 aromatic rings. The van der Waals surface area contributed by atoms with Crippen molar-refractivity contribution < 1.29 is 22.6 Å². The summed E-state index contributed by atoms with van der Waals surface area (Å²) < 4.78 is 53.0. The summed E-state index contributed by atoms with van der Waals surface area (Å²) in [7, 11) is 1.60. The van der Waals surface area contributed by atoms with Crippen LogP contribution < -0.4 is 15.4 Å². The Bertz CT molecular complexity index is 1370. The van der Waals surface area contributed by atoms with E-state index in [1.807, 2.05) is 36.6 Å². The number of hydrogen-bond donors (Lipinski definition) is 2. The summed E-state index contributed by atoms with van der Waals surface area (Å²) in [6.07, 6.45) is 0.671. The van der Waals surface area contributed by atoms with Gasteiger partial charge in [-0.15, -0.1) is 11.8 Å². The number of thioether (sulfide) groups is 1. The van der Waals surface area contributed by atoms with E-state index >= 15 is 0 Å². The van der Waals surface area contributed by atoms with Crippen molar-refractivity contribution in [1.29, 1.82) is 0 Å². The fraction of sp³-hybridized carbons (Fsp3) is 0.467. The second-order valence-corrected chi connectivity index (χ2v) is 11.0. The topological polar surface area (TPSA) is 50.7 Å². The van der Waals surface area contributed by atoms with E-state index in [-0.39, 0.29) is 12.6 Å². The second kappa shape index (κ2) is 12.7. The third-order valence-corrected chi connectivity index (χ3v) is 8.31. The van der Waals surface area contributed by atoms with E-state index in [0.717, 1.165) is 67.2 Å². The molecule has 0 radical (unpaired) electrons. The molecule has 2 fully saturated rings. The summed E-state index contributed by atoms with van der Waals surface area (Å²) in [5.41, 5.74) is 2.49. The van der Waals surface area contributed by atoms with Crippen molar-refractivity contribution in [2.45, 2.75) is 49.0 Å². The first-order chi connectivity index (χ1) is 19.3. The SMILES string of the molecule is COc1cc(SC)ccc1NCC#Cc1cc2c(NC3CCN(C4CCOC4)CC3)cccc2n1CC(F)(F)F. The van der Waals surface area contributed by atoms with E-state index in [1.165, 1.54) is 4.57 Å². The largest absolute Gasteiger partial charge is 0.495 e. The maximum Gasteiger partial charge on any atom is 0.406 e. The molecule has 2 aliphatic rings. The average molecular weight is 573 g/mol. The van der Waals surface area contributed by atoms with E-state index < -0.39 is 12.7 Å². The number of rotatable bonds is 8. The molecule has 1 atom stereocenters. The van der Waals surface area contributed by atoms with Gasteiger partial charge in [0.05, 0.1) is 37.2 Å². The highest BCUT2D eigenvalue weighted by Gasteiger charge is 2.31. The van der Waals surface area contributed by atoms with Gasteiger partial charge in [-0.25, -0.2) is 0 Å². The molecule has 0 saturated carbocycles. The second-order valence-electron chi connectivity index (χ2n) is 10.2. The van der Waals surface area contributed by atoms with Gasteiger partial charge in [0.1, 0.15) is 12.3 Å². The third kappa shape index (κ3) is 6.82. The summed E-state index contributed by atoms with van der Waals surface area (Å²) in [6, 6.07) is 13.9. The van der Waals surface area contributed by atoms with Crippen molar-refractivity contribution in [2.75, 3.05) is 56.8 Å². The maximum atomic E-state index is 13.6. The zero-order valence-electron chi connectivity index (χ0n) is 22.8. The number of fused-ring (bicyclic) bond motifs is 1. The molecule has 3 heterocycles. The van der Waals surface area contributed by atoms with Gasteiger partial charge >= 0.3 is 6.18 Å². The molecule has 5 rings (SSSR count). The molecule has 1 aromatic heterocycles. The average Bonchev–Trinajstić information content (AvgIpc) is 3.60. The Morgan fingerprint density at radius 3 is 2.62 bits per heavy atom. The standard InChI is InChI=1S/C30H35F3N4O2S/c1-38-29-18-24(40-2)8-9-27(29)34-13-4-5-22-17-25-26(6-3-7-28(25)37(22)20-30(31,32)33)35-21-10-14-36(15-11-21)23-12-16-39-19-23/h3,6-9,17-18,21,23,34-35H,10-16,19-20H2,1-2H3. The summed E-state index contributed by atoms with van der Waals surface area (Å²) >= 11 is 1.62. The van der Waals surface area contributed by atoms with E-state index in [2.05, 4.69) is 27.4 Å². The predicted octanol–water partition coefficient (Wildman–Crippen LogP) is 6.06. The molecular weight excluding hydrogens is 537 g/mol. The Morgan fingerprint density at radius 2 is 1.93 bits per heavy atom. The number of anilines is 2. The fourth-order valence-corrected chi connectivity index (χ4v) is 5.95. The molecule has 40 heavy (non-hydrogen) atoms. The van der Waals surface area contributed by atoms with Gasteiger partial charge in [-0.1, -0.05) is 12.0 Å². The number of ether oxygens (including phenoxy) is 2. The number of halogens is 3. The molecule has 2 aromatic carbocycles. The van der Waals surface area contributed by atoms with Crippen LogP contribution in [0.2, 0.25) is 0 Å². The van der Waals surface area contributed by atoms with Crippen LogP contribution in [0.1, 0.15) is 25.0 Å². The van der Waals surface area contributed by atoms with Gasteiger partial charge in [-0.05, 0) is 67.8 Å². The molecule has 0 bridgehead atoms. The van der Waals surface area contributed by atoms with Gasteiger partial charge in [0.25, 0.3) is 0 Å². The van der Waals surface area contributed by atoms with Gasteiger partial charge in [-0.3, -0.25) is 4.90 Å². The predicted molar refractivity (Wildman–Crippen MR) is 156 cm³/mol. The molecular formula is C30H35F3N4O2S.